The Morgan fingerprint density at radius 2 is 1.48 bits per heavy atom. The molecule has 0 unspecified atom stereocenters. The lowest BCUT2D eigenvalue weighted by atomic mass is 10.2. The van der Waals surface area contributed by atoms with Crippen molar-refractivity contribution >= 4 is 0 Å². The van der Waals surface area contributed by atoms with E-state index in [1.807, 2.05) is 18.2 Å². The number of hydrogen-bond acceptors (Lipinski definition) is 4. The van der Waals surface area contributed by atoms with Crippen LogP contribution in [-0.2, 0) is 25.6 Å². The molecule has 1 fully saturated rings. The second-order valence-electron chi connectivity index (χ2n) is 5.34. The molecule has 0 amide bonds. The fraction of sp³-hybridized carbons (Fsp3) is 0.647. The standard InChI is InChI=1S/C17H26O4/c1-2-6-16(7-3-1)12-21-15-17-13-19-10-4-8-18-9-5-11-20-14-17/h1-3,6-7,17H,4-5,8-15H2. The molecule has 0 radical (unpaired) electrons. The van der Waals surface area contributed by atoms with Crippen LogP contribution < -0.4 is 0 Å². The molecule has 0 atom stereocenters. The van der Waals surface area contributed by atoms with Crippen molar-refractivity contribution in [3.8, 4) is 0 Å². The first-order chi connectivity index (χ1) is 10.4. The predicted molar refractivity (Wildman–Crippen MR) is 81.3 cm³/mol. The van der Waals surface area contributed by atoms with Gasteiger partial charge in [-0.2, -0.15) is 0 Å². The van der Waals surface area contributed by atoms with Crippen LogP contribution in [0.1, 0.15) is 18.4 Å². The molecule has 118 valence electrons. The zero-order valence-corrected chi connectivity index (χ0v) is 12.7. The predicted octanol–water partition coefficient (Wildman–Crippen LogP) is 2.66. The van der Waals surface area contributed by atoms with Gasteiger partial charge in [0.15, 0.2) is 0 Å². The lowest BCUT2D eigenvalue weighted by Crippen LogP contribution is -2.23. The summed E-state index contributed by atoms with van der Waals surface area (Å²) < 4.78 is 22.6. The maximum Gasteiger partial charge on any atom is 0.0717 e. The molecule has 1 heterocycles. The normalized spacial score (nSPS) is 19.6. The minimum absolute atomic E-state index is 0.300. The fourth-order valence-electron chi connectivity index (χ4n) is 2.19. The van der Waals surface area contributed by atoms with E-state index in [1.165, 1.54) is 5.56 Å². The van der Waals surface area contributed by atoms with Gasteiger partial charge in [0.25, 0.3) is 0 Å². The molecule has 2 rings (SSSR count). The van der Waals surface area contributed by atoms with Crippen LogP contribution in [0.2, 0.25) is 0 Å². The Morgan fingerprint density at radius 1 is 0.857 bits per heavy atom. The molecule has 1 aromatic rings. The van der Waals surface area contributed by atoms with Gasteiger partial charge >= 0.3 is 0 Å². The Morgan fingerprint density at radius 3 is 2.14 bits per heavy atom. The van der Waals surface area contributed by atoms with Crippen molar-refractivity contribution in [3.63, 3.8) is 0 Å². The maximum atomic E-state index is 5.80. The van der Waals surface area contributed by atoms with Crippen molar-refractivity contribution in [2.45, 2.75) is 19.4 Å². The van der Waals surface area contributed by atoms with Gasteiger partial charge < -0.3 is 18.9 Å². The minimum Gasteiger partial charge on any atom is -0.381 e. The van der Waals surface area contributed by atoms with Crippen molar-refractivity contribution in [2.75, 3.05) is 46.2 Å². The SMILES string of the molecule is c1ccc(COCC2COCCCOCCCOC2)cc1. The molecule has 1 aliphatic heterocycles. The molecule has 1 aliphatic rings. The lowest BCUT2D eigenvalue weighted by Gasteiger charge is -2.18. The average Bonchev–Trinajstić information content (AvgIpc) is 2.51. The summed E-state index contributed by atoms with van der Waals surface area (Å²) in [5, 5.41) is 0. The molecule has 21 heavy (non-hydrogen) atoms. The van der Waals surface area contributed by atoms with E-state index in [0.717, 1.165) is 39.3 Å². The highest BCUT2D eigenvalue weighted by atomic mass is 16.5. The van der Waals surface area contributed by atoms with E-state index in [1.54, 1.807) is 0 Å². The van der Waals surface area contributed by atoms with Crippen LogP contribution in [0, 0.1) is 5.92 Å². The number of ether oxygens (including phenoxy) is 4. The third-order valence-corrected chi connectivity index (χ3v) is 3.33. The van der Waals surface area contributed by atoms with E-state index in [-0.39, 0.29) is 0 Å². The summed E-state index contributed by atoms with van der Waals surface area (Å²) in [6.07, 6.45) is 1.91. The Bertz CT molecular complexity index is 343. The molecule has 0 N–H and O–H groups in total. The van der Waals surface area contributed by atoms with Gasteiger partial charge in [0.2, 0.25) is 0 Å². The largest absolute Gasteiger partial charge is 0.381 e. The van der Waals surface area contributed by atoms with Crippen LogP contribution in [0.3, 0.4) is 0 Å². The highest BCUT2D eigenvalue weighted by molar-refractivity contribution is 5.13. The first kappa shape index (κ1) is 16.4. The molecule has 4 nitrogen and oxygen atoms in total. The summed E-state index contributed by atoms with van der Waals surface area (Å²) in [7, 11) is 0. The van der Waals surface area contributed by atoms with Crippen molar-refractivity contribution in [2.24, 2.45) is 5.92 Å². The fourth-order valence-corrected chi connectivity index (χ4v) is 2.19. The van der Waals surface area contributed by atoms with Gasteiger partial charge in [-0.1, -0.05) is 30.3 Å². The van der Waals surface area contributed by atoms with Gasteiger partial charge in [0.05, 0.1) is 26.4 Å². The smallest absolute Gasteiger partial charge is 0.0717 e. The molecule has 0 spiro atoms. The zero-order chi connectivity index (χ0) is 14.6. The quantitative estimate of drug-likeness (QED) is 0.855. The second-order valence-corrected chi connectivity index (χ2v) is 5.34. The Hall–Kier alpha value is -0.940. The molecular weight excluding hydrogens is 268 g/mol. The molecule has 1 saturated heterocycles. The van der Waals surface area contributed by atoms with E-state index in [9.17, 15) is 0 Å². The summed E-state index contributed by atoms with van der Waals surface area (Å²) in [4.78, 5) is 0. The van der Waals surface area contributed by atoms with Crippen molar-refractivity contribution in [3.05, 3.63) is 35.9 Å². The van der Waals surface area contributed by atoms with E-state index in [0.29, 0.717) is 32.3 Å². The average molecular weight is 294 g/mol. The van der Waals surface area contributed by atoms with E-state index in [4.69, 9.17) is 18.9 Å². The molecule has 1 aromatic carbocycles. The number of hydrogen-bond donors (Lipinski definition) is 0. The van der Waals surface area contributed by atoms with Crippen LogP contribution in [0.4, 0.5) is 0 Å². The van der Waals surface area contributed by atoms with Gasteiger partial charge in [-0.15, -0.1) is 0 Å². The van der Waals surface area contributed by atoms with Gasteiger partial charge in [-0.3, -0.25) is 0 Å². The van der Waals surface area contributed by atoms with Crippen molar-refractivity contribution in [1.82, 2.24) is 0 Å². The first-order valence-corrected chi connectivity index (χ1v) is 7.80. The molecule has 0 aromatic heterocycles. The van der Waals surface area contributed by atoms with Gasteiger partial charge in [0.1, 0.15) is 0 Å². The Labute approximate surface area is 127 Å². The van der Waals surface area contributed by atoms with Crippen molar-refractivity contribution in [1.29, 1.82) is 0 Å². The van der Waals surface area contributed by atoms with Crippen LogP contribution in [0.15, 0.2) is 30.3 Å². The molecule has 4 heteroatoms. The summed E-state index contributed by atoms with van der Waals surface area (Å²) in [6.45, 7) is 5.73. The Kier molecular flexibility index (Phi) is 8.40. The van der Waals surface area contributed by atoms with E-state index in [2.05, 4.69) is 12.1 Å². The van der Waals surface area contributed by atoms with Gasteiger partial charge in [0, 0.05) is 32.3 Å². The summed E-state index contributed by atoms with van der Waals surface area (Å²) >= 11 is 0. The maximum absolute atomic E-state index is 5.80. The monoisotopic (exact) mass is 294 g/mol. The Balaban J connectivity index is 1.67. The third kappa shape index (κ3) is 7.58. The third-order valence-electron chi connectivity index (χ3n) is 3.33. The molecular formula is C17H26O4. The lowest BCUT2D eigenvalue weighted by molar-refractivity contribution is -0.0239. The van der Waals surface area contributed by atoms with Crippen LogP contribution in [0.5, 0.6) is 0 Å². The highest BCUT2D eigenvalue weighted by Gasteiger charge is 2.11. The number of benzene rings is 1. The van der Waals surface area contributed by atoms with Crippen LogP contribution in [-0.4, -0.2) is 46.2 Å². The van der Waals surface area contributed by atoms with Crippen molar-refractivity contribution < 1.29 is 18.9 Å². The van der Waals surface area contributed by atoms with Crippen LogP contribution in [0.25, 0.3) is 0 Å². The van der Waals surface area contributed by atoms with E-state index >= 15 is 0 Å². The topological polar surface area (TPSA) is 36.9 Å². The molecule has 0 aliphatic carbocycles. The molecule has 0 saturated carbocycles. The zero-order valence-electron chi connectivity index (χ0n) is 12.7. The highest BCUT2D eigenvalue weighted by Crippen LogP contribution is 2.06. The number of rotatable bonds is 4. The summed E-state index contributed by atoms with van der Waals surface area (Å²) in [6, 6.07) is 10.2. The first-order valence-electron chi connectivity index (χ1n) is 7.80. The summed E-state index contributed by atoms with van der Waals surface area (Å²) in [5.74, 6) is 0.300. The molecule has 0 bridgehead atoms. The minimum atomic E-state index is 0.300. The second kappa shape index (κ2) is 10.7. The van der Waals surface area contributed by atoms with E-state index < -0.39 is 0 Å². The van der Waals surface area contributed by atoms with Gasteiger partial charge in [-0.05, 0) is 18.4 Å². The van der Waals surface area contributed by atoms with Gasteiger partial charge in [-0.25, -0.2) is 0 Å². The van der Waals surface area contributed by atoms with Crippen LogP contribution >= 0.6 is 0 Å². The summed E-state index contributed by atoms with van der Waals surface area (Å²) in [5.41, 5.74) is 1.20.